The van der Waals surface area contributed by atoms with E-state index in [1.807, 2.05) is 0 Å². The SMILES string of the molecule is CO[C@@H]1CN[C@H](CN(C)C(C)C)C1. The molecule has 1 N–H and O–H groups in total. The van der Waals surface area contributed by atoms with Crippen LogP contribution in [0.5, 0.6) is 0 Å². The summed E-state index contributed by atoms with van der Waals surface area (Å²) in [5.74, 6) is 0. The molecule has 1 heterocycles. The molecule has 0 aliphatic carbocycles. The van der Waals surface area contributed by atoms with Gasteiger partial charge in [-0.3, -0.25) is 0 Å². The highest BCUT2D eigenvalue weighted by Gasteiger charge is 2.24. The van der Waals surface area contributed by atoms with Crippen LogP contribution in [0.3, 0.4) is 0 Å². The number of hydrogen-bond acceptors (Lipinski definition) is 3. The molecule has 1 aliphatic heterocycles. The highest BCUT2D eigenvalue weighted by atomic mass is 16.5. The second-order valence-electron chi connectivity index (χ2n) is 4.23. The van der Waals surface area contributed by atoms with Gasteiger partial charge in [-0.2, -0.15) is 0 Å². The number of nitrogens with one attached hydrogen (secondary N) is 1. The third-order valence-electron chi connectivity index (χ3n) is 2.90. The molecule has 1 aliphatic rings. The normalized spacial score (nSPS) is 29.1. The van der Waals surface area contributed by atoms with E-state index in [1.54, 1.807) is 7.11 Å². The largest absolute Gasteiger partial charge is 0.380 e. The van der Waals surface area contributed by atoms with Gasteiger partial charge in [0.05, 0.1) is 6.10 Å². The fraction of sp³-hybridized carbons (Fsp3) is 1.00. The summed E-state index contributed by atoms with van der Waals surface area (Å²) in [6.07, 6.45) is 1.57. The summed E-state index contributed by atoms with van der Waals surface area (Å²) in [7, 11) is 3.97. The number of methoxy groups -OCH3 is 1. The van der Waals surface area contributed by atoms with Crippen LogP contribution in [0.15, 0.2) is 0 Å². The number of likely N-dealkylation sites (N-methyl/N-ethyl adjacent to an activating group) is 1. The molecule has 0 aromatic rings. The summed E-state index contributed by atoms with van der Waals surface area (Å²) in [5.41, 5.74) is 0. The van der Waals surface area contributed by atoms with Gasteiger partial charge in [-0.05, 0) is 27.3 Å². The van der Waals surface area contributed by atoms with Crippen molar-refractivity contribution in [2.45, 2.75) is 38.5 Å². The fourth-order valence-corrected chi connectivity index (χ4v) is 1.66. The summed E-state index contributed by atoms with van der Waals surface area (Å²) in [5, 5.41) is 3.48. The molecule has 1 rings (SSSR count). The first kappa shape index (κ1) is 11.0. The van der Waals surface area contributed by atoms with Gasteiger partial charge in [0.25, 0.3) is 0 Å². The zero-order valence-corrected chi connectivity index (χ0v) is 9.21. The third kappa shape index (κ3) is 3.25. The Morgan fingerprint density at radius 1 is 1.54 bits per heavy atom. The Kier molecular flexibility index (Phi) is 4.16. The van der Waals surface area contributed by atoms with Crippen molar-refractivity contribution in [2.24, 2.45) is 0 Å². The quantitative estimate of drug-likeness (QED) is 0.699. The van der Waals surface area contributed by atoms with Gasteiger partial charge in [-0.1, -0.05) is 0 Å². The van der Waals surface area contributed by atoms with Gasteiger partial charge < -0.3 is 15.0 Å². The van der Waals surface area contributed by atoms with E-state index in [9.17, 15) is 0 Å². The molecule has 1 saturated heterocycles. The zero-order valence-electron chi connectivity index (χ0n) is 9.21. The molecule has 2 atom stereocenters. The summed E-state index contributed by atoms with van der Waals surface area (Å²) in [6, 6.07) is 1.24. The standard InChI is InChI=1S/C10H22N2O/c1-8(2)12(3)7-9-5-10(13-4)6-11-9/h8-11H,5-7H2,1-4H3/t9-,10-/m0/s1. The smallest absolute Gasteiger partial charge is 0.0711 e. The van der Waals surface area contributed by atoms with Crippen LogP contribution in [0.2, 0.25) is 0 Å². The van der Waals surface area contributed by atoms with Crippen LogP contribution in [0, 0.1) is 0 Å². The molecule has 78 valence electrons. The van der Waals surface area contributed by atoms with Crippen molar-refractivity contribution in [3.8, 4) is 0 Å². The lowest BCUT2D eigenvalue weighted by Gasteiger charge is -2.24. The molecule has 0 radical (unpaired) electrons. The third-order valence-corrected chi connectivity index (χ3v) is 2.90. The van der Waals surface area contributed by atoms with E-state index in [2.05, 4.69) is 31.1 Å². The highest BCUT2D eigenvalue weighted by molar-refractivity contribution is 4.84. The van der Waals surface area contributed by atoms with Crippen LogP contribution >= 0.6 is 0 Å². The lowest BCUT2D eigenvalue weighted by Crippen LogP contribution is -2.38. The van der Waals surface area contributed by atoms with Crippen molar-refractivity contribution in [2.75, 3.05) is 27.2 Å². The molecule has 0 amide bonds. The molecule has 0 aromatic carbocycles. The van der Waals surface area contributed by atoms with Crippen molar-refractivity contribution in [1.82, 2.24) is 10.2 Å². The second kappa shape index (κ2) is 4.94. The van der Waals surface area contributed by atoms with Crippen molar-refractivity contribution in [1.29, 1.82) is 0 Å². The lowest BCUT2D eigenvalue weighted by molar-refractivity contribution is 0.115. The van der Waals surface area contributed by atoms with Gasteiger partial charge in [0.1, 0.15) is 0 Å². The van der Waals surface area contributed by atoms with Gasteiger partial charge in [-0.25, -0.2) is 0 Å². The second-order valence-corrected chi connectivity index (χ2v) is 4.23. The maximum absolute atomic E-state index is 5.30. The molecule has 3 nitrogen and oxygen atoms in total. The van der Waals surface area contributed by atoms with Crippen molar-refractivity contribution < 1.29 is 4.74 Å². The van der Waals surface area contributed by atoms with Crippen LogP contribution in [0.25, 0.3) is 0 Å². The fourth-order valence-electron chi connectivity index (χ4n) is 1.66. The Morgan fingerprint density at radius 2 is 2.23 bits per heavy atom. The first-order chi connectivity index (χ1) is 6.13. The molecular weight excluding hydrogens is 164 g/mol. The van der Waals surface area contributed by atoms with E-state index in [4.69, 9.17) is 4.74 Å². The molecule has 0 aromatic heterocycles. The molecule has 0 saturated carbocycles. The van der Waals surface area contributed by atoms with Crippen molar-refractivity contribution in [3.63, 3.8) is 0 Å². The number of nitrogens with zero attached hydrogens (tertiary/aromatic N) is 1. The van der Waals surface area contributed by atoms with Crippen molar-refractivity contribution >= 4 is 0 Å². The van der Waals surface area contributed by atoms with Gasteiger partial charge in [-0.15, -0.1) is 0 Å². The molecular formula is C10H22N2O. The molecule has 13 heavy (non-hydrogen) atoms. The molecule has 0 unspecified atom stereocenters. The van der Waals surface area contributed by atoms with Crippen molar-refractivity contribution in [3.05, 3.63) is 0 Å². The topological polar surface area (TPSA) is 24.5 Å². The van der Waals surface area contributed by atoms with Gasteiger partial charge in [0.15, 0.2) is 0 Å². The lowest BCUT2D eigenvalue weighted by atomic mass is 10.2. The van der Waals surface area contributed by atoms with E-state index in [1.165, 1.54) is 0 Å². The average Bonchev–Trinajstić information content (AvgIpc) is 2.52. The first-order valence-corrected chi connectivity index (χ1v) is 5.10. The van der Waals surface area contributed by atoms with Gasteiger partial charge in [0.2, 0.25) is 0 Å². The maximum atomic E-state index is 5.30. The number of ether oxygens (including phenoxy) is 1. The van der Waals surface area contributed by atoms with Gasteiger partial charge >= 0.3 is 0 Å². The van der Waals surface area contributed by atoms with E-state index < -0.39 is 0 Å². The van der Waals surface area contributed by atoms with Crippen LogP contribution in [0.4, 0.5) is 0 Å². The van der Waals surface area contributed by atoms with Crippen LogP contribution < -0.4 is 5.32 Å². The predicted octanol–water partition coefficient (Wildman–Crippen LogP) is 0.703. The minimum atomic E-state index is 0.422. The monoisotopic (exact) mass is 186 g/mol. The highest BCUT2D eigenvalue weighted by Crippen LogP contribution is 2.11. The Morgan fingerprint density at radius 3 is 2.69 bits per heavy atom. The molecule has 3 heteroatoms. The summed E-state index contributed by atoms with van der Waals surface area (Å²) in [6.45, 7) is 6.58. The van der Waals surface area contributed by atoms with Crippen LogP contribution in [-0.4, -0.2) is 50.3 Å². The van der Waals surface area contributed by atoms with Gasteiger partial charge in [0, 0.05) is 32.3 Å². The number of hydrogen-bond donors (Lipinski definition) is 1. The Balaban J connectivity index is 2.23. The maximum Gasteiger partial charge on any atom is 0.0711 e. The predicted molar refractivity (Wildman–Crippen MR) is 55.0 cm³/mol. The van der Waals surface area contributed by atoms with E-state index in [-0.39, 0.29) is 0 Å². The molecule has 0 spiro atoms. The minimum Gasteiger partial charge on any atom is -0.380 e. The first-order valence-electron chi connectivity index (χ1n) is 5.10. The summed E-state index contributed by atoms with van der Waals surface area (Å²) in [4.78, 5) is 2.37. The summed E-state index contributed by atoms with van der Waals surface area (Å²) >= 11 is 0. The van der Waals surface area contributed by atoms with Crippen LogP contribution in [0.1, 0.15) is 20.3 Å². The minimum absolute atomic E-state index is 0.422. The Bertz CT molecular complexity index is 150. The van der Waals surface area contributed by atoms with E-state index in [0.29, 0.717) is 18.2 Å². The zero-order chi connectivity index (χ0) is 9.84. The average molecular weight is 186 g/mol. The summed E-state index contributed by atoms with van der Waals surface area (Å²) < 4.78 is 5.30. The molecule has 1 fully saturated rings. The van der Waals surface area contributed by atoms with E-state index in [0.717, 1.165) is 19.5 Å². The number of rotatable bonds is 4. The Hall–Kier alpha value is -0.120. The molecule has 0 bridgehead atoms. The van der Waals surface area contributed by atoms with Crippen LogP contribution in [-0.2, 0) is 4.74 Å². The Labute approximate surface area is 81.4 Å². The van der Waals surface area contributed by atoms with E-state index >= 15 is 0 Å².